The van der Waals surface area contributed by atoms with Crippen LogP contribution in [0.5, 0.6) is 0 Å². The number of carbonyl (C=O) groups excluding carboxylic acids is 2. The summed E-state index contributed by atoms with van der Waals surface area (Å²) in [6.07, 6.45) is 1.67. The molecule has 1 saturated heterocycles. The molecular weight excluding hydrogens is 451 g/mol. The number of hydrogen-bond acceptors (Lipinski definition) is 6. The van der Waals surface area contributed by atoms with Gasteiger partial charge in [-0.25, -0.2) is 9.18 Å². The molecule has 1 aliphatic rings. The summed E-state index contributed by atoms with van der Waals surface area (Å²) in [5, 5.41) is 16.3. The second kappa shape index (κ2) is 11.1. The first-order chi connectivity index (χ1) is 16.9. The van der Waals surface area contributed by atoms with Gasteiger partial charge in [0, 0.05) is 38.0 Å². The van der Waals surface area contributed by atoms with E-state index in [1.165, 1.54) is 17.9 Å². The van der Waals surface area contributed by atoms with Gasteiger partial charge in [0.1, 0.15) is 11.9 Å². The number of nitrogens with zero attached hydrogens (tertiary/aromatic N) is 2. The molecule has 1 fully saturated rings. The Kier molecular flexibility index (Phi) is 7.69. The number of ether oxygens (including phenoxy) is 1. The average molecular weight is 479 g/mol. The third kappa shape index (κ3) is 6.20. The summed E-state index contributed by atoms with van der Waals surface area (Å²) in [7, 11) is 0. The van der Waals surface area contributed by atoms with Gasteiger partial charge < -0.3 is 20.5 Å². The van der Waals surface area contributed by atoms with Crippen molar-refractivity contribution in [3.8, 4) is 11.1 Å². The van der Waals surface area contributed by atoms with Gasteiger partial charge in [0.2, 0.25) is 5.91 Å². The van der Waals surface area contributed by atoms with E-state index in [9.17, 15) is 19.1 Å². The summed E-state index contributed by atoms with van der Waals surface area (Å²) in [5.41, 5.74) is 3.22. The Morgan fingerprint density at radius 3 is 2.63 bits per heavy atom. The second-order valence-corrected chi connectivity index (χ2v) is 8.34. The van der Waals surface area contributed by atoms with Crippen LogP contribution in [-0.2, 0) is 16.1 Å². The molecule has 0 unspecified atom stereocenters. The Labute approximate surface area is 202 Å². The number of cyclic esters (lactones) is 1. The van der Waals surface area contributed by atoms with E-state index in [0.29, 0.717) is 29.9 Å². The van der Waals surface area contributed by atoms with Crippen molar-refractivity contribution in [2.45, 2.75) is 25.7 Å². The summed E-state index contributed by atoms with van der Waals surface area (Å²) in [6, 6.07) is 15.4. The Bertz CT molecular complexity index is 1170. The number of hydrogen-bond donors (Lipinski definition) is 3. The number of aliphatic hydroxyl groups is 1. The number of amides is 2. The number of benzene rings is 2. The van der Waals surface area contributed by atoms with Gasteiger partial charge in [-0.3, -0.25) is 14.7 Å². The minimum absolute atomic E-state index is 0.204. The number of aliphatic hydroxyl groups excluding tert-OH is 1. The van der Waals surface area contributed by atoms with Crippen LogP contribution in [0.3, 0.4) is 0 Å². The van der Waals surface area contributed by atoms with Crippen molar-refractivity contribution >= 4 is 17.7 Å². The molecule has 9 heteroatoms. The molecule has 3 aromatic rings. The van der Waals surface area contributed by atoms with Crippen molar-refractivity contribution < 1.29 is 23.8 Å². The lowest BCUT2D eigenvalue weighted by molar-refractivity contribution is -0.119. The summed E-state index contributed by atoms with van der Waals surface area (Å²) in [4.78, 5) is 28.6. The first-order valence-corrected chi connectivity index (χ1v) is 11.3. The standard InChI is InChI=1S/C26H27FN4O4/c1-17(32)30-14-22-16-31(26(34)35-22)21-6-7-23(24(27)12-21)19-2-4-20(5-3-19)25(33)15-29-13-18-8-10-28-11-9-18/h2-12,22,25,29,33H,13-16H2,1H3,(H,30,32)/t22-,25-/m0/s1. The first kappa shape index (κ1) is 24.3. The quantitative estimate of drug-likeness (QED) is 0.437. The zero-order chi connectivity index (χ0) is 24.8. The fourth-order valence-corrected chi connectivity index (χ4v) is 3.86. The van der Waals surface area contributed by atoms with Crippen LogP contribution in [0.1, 0.15) is 24.2 Å². The molecule has 182 valence electrons. The molecule has 4 rings (SSSR count). The average Bonchev–Trinajstić information content (AvgIpc) is 3.24. The highest BCUT2D eigenvalue weighted by Gasteiger charge is 2.32. The van der Waals surface area contributed by atoms with E-state index in [2.05, 4.69) is 15.6 Å². The molecule has 2 heterocycles. The van der Waals surface area contributed by atoms with Crippen LogP contribution in [0, 0.1) is 5.82 Å². The fraction of sp³-hybridized carbons (Fsp3) is 0.269. The van der Waals surface area contributed by atoms with E-state index in [1.807, 2.05) is 12.1 Å². The van der Waals surface area contributed by atoms with Gasteiger partial charge in [0.15, 0.2) is 0 Å². The monoisotopic (exact) mass is 478 g/mol. The zero-order valence-corrected chi connectivity index (χ0v) is 19.3. The van der Waals surface area contributed by atoms with Gasteiger partial charge in [-0.05, 0) is 47.0 Å². The molecule has 0 aliphatic carbocycles. The predicted octanol–water partition coefficient (Wildman–Crippen LogP) is 3.17. The lowest BCUT2D eigenvalue weighted by atomic mass is 10.0. The van der Waals surface area contributed by atoms with E-state index < -0.39 is 24.1 Å². The van der Waals surface area contributed by atoms with Gasteiger partial charge in [0.25, 0.3) is 0 Å². The van der Waals surface area contributed by atoms with E-state index in [0.717, 1.165) is 11.1 Å². The van der Waals surface area contributed by atoms with Crippen molar-refractivity contribution in [3.05, 3.63) is 83.9 Å². The molecule has 2 amide bonds. The summed E-state index contributed by atoms with van der Waals surface area (Å²) < 4.78 is 20.2. The van der Waals surface area contributed by atoms with Crippen LogP contribution in [0.4, 0.5) is 14.9 Å². The van der Waals surface area contributed by atoms with Gasteiger partial charge in [-0.2, -0.15) is 0 Å². The Hall–Kier alpha value is -3.82. The molecule has 2 aromatic carbocycles. The summed E-state index contributed by atoms with van der Waals surface area (Å²) in [6.45, 7) is 2.81. The van der Waals surface area contributed by atoms with Crippen LogP contribution >= 0.6 is 0 Å². The lowest BCUT2D eigenvalue weighted by Gasteiger charge is -2.15. The molecule has 3 N–H and O–H groups in total. The predicted molar refractivity (Wildman–Crippen MR) is 129 cm³/mol. The van der Waals surface area contributed by atoms with Crippen molar-refractivity contribution in [3.63, 3.8) is 0 Å². The molecule has 2 atom stereocenters. The Morgan fingerprint density at radius 1 is 1.20 bits per heavy atom. The third-order valence-corrected chi connectivity index (χ3v) is 5.74. The summed E-state index contributed by atoms with van der Waals surface area (Å²) in [5.74, 6) is -0.692. The van der Waals surface area contributed by atoms with Crippen LogP contribution in [0.15, 0.2) is 67.0 Å². The van der Waals surface area contributed by atoms with Crippen molar-refractivity contribution in [2.75, 3.05) is 24.5 Å². The molecule has 8 nitrogen and oxygen atoms in total. The maximum Gasteiger partial charge on any atom is 0.414 e. The number of anilines is 1. The number of nitrogens with one attached hydrogen (secondary N) is 2. The second-order valence-electron chi connectivity index (χ2n) is 8.34. The van der Waals surface area contributed by atoms with E-state index in [-0.39, 0.29) is 19.0 Å². The zero-order valence-electron chi connectivity index (χ0n) is 19.3. The van der Waals surface area contributed by atoms with E-state index in [1.54, 1.807) is 48.8 Å². The molecule has 0 radical (unpaired) electrons. The van der Waals surface area contributed by atoms with Gasteiger partial charge >= 0.3 is 6.09 Å². The third-order valence-electron chi connectivity index (χ3n) is 5.74. The largest absolute Gasteiger partial charge is 0.442 e. The van der Waals surface area contributed by atoms with Crippen LogP contribution in [0.25, 0.3) is 11.1 Å². The number of rotatable bonds is 9. The normalized spacial score (nSPS) is 16.1. The van der Waals surface area contributed by atoms with Gasteiger partial charge in [-0.15, -0.1) is 0 Å². The Balaban J connectivity index is 1.37. The smallest absolute Gasteiger partial charge is 0.414 e. The van der Waals surface area contributed by atoms with Crippen LogP contribution in [-0.4, -0.2) is 47.8 Å². The molecule has 35 heavy (non-hydrogen) atoms. The molecule has 1 aliphatic heterocycles. The SMILES string of the molecule is CC(=O)NC[C@H]1CN(c2ccc(-c3ccc([C@@H](O)CNCc4ccncc4)cc3)c(F)c2)C(=O)O1. The maximum atomic E-state index is 15.0. The van der Waals surface area contributed by atoms with Crippen LogP contribution < -0.4 is 15.5 Å². The number of halogens is 1. The molecule has 0 saturated carbocycles. The van der Waals surface area contributed by atoms with Crippen molar-refractivity contribution in [1.82, 2.24) is 15.6 Å². The topological polar surface area (TPSA) is 104 Å². The highest BCUT2D eigenvalue weighted by molar-refractivity contribution is 5.90. The number of aromatic nitrogens is 1. The summed E-state index contributed by atoms with van der Waals surface area (Å²) >= 11 is 0. The van der Waals surface area contributed by atoms with E-state index in [4.69, 9.17) is 4.74 Å². The minimum atomic E-state index is -0.704. The van der Waals surface area contributed by atoms with Crippen LogP contribution in [0.2, 0.25) is 0 Å². The Morgan fingerprint density at radius 2 is 1.94 bits per heavy atom. The number of carbonyl (C=O) groups is 2. The highest BCUT2D eigenvalue weighted by atomic mass is 19.1. The number of pyridine rings is 1. The molecule has 0 bridgehead atoms. The van der Waals surface area contributed by atoms with E-state index >= 15 is 0 Å². The van der Waals surface area contributed by atoms with Crippen molar-refractivity contribution in [2.24, 2.45) is 0 Å². The minimum Gasteiger partial charge on any atom is -0.442 e. The maximum absolute atomic E-state index is 15.0. The van der Waals surface area contributed by atoms with Gasteiger partial charge in [0.05, 0.1) is 24.9 Å². The molecular formula is C26H27FN4O4. The first-order valence-electron chi connectivity index (χ1n) is 11.3. The lowest BCUT2D eigenvalue weighted by Crippen LogP contribution is -2.33. The molecule has 0 spiro atoms. The molecule has 1 aromatic heterocycles. The van der Waals surface area contributed by atoms with Gasteiger partial charge in [-0.1, -0.05) is 24.3 Å². The highest BCUT2D eigenvalue weighted by Crippen LogP contribution is 2.30. The fourth-order valence-electron chi connectivity index (χ4n) is 3.86. The van der Waals surface area contributed by atoms with Crippen molar-refractivity contribution in [1.29, 1.82) is 0 Å².